The number of rotatable bonds is 4. The average Bonchev–Trinajstić information content (AvgIpc) is 3.07. The first-order chi connectivity index (χ1) is 10.1. The monoisotopic (exact) mass is 318 g/mol. The molecule has 3 N–H and O–H groups in total. The average molecular weight is 318 g/mol. The van der Waals surface area contributed by atoms with E-state index in [0.717, 1.165) is 6.42 Å². The van der Waals surface area contributed by atoms with Crippen LogP contribution in [0.25, 0.3) is 10.3 Å². The number of carbonyl (C=O) groups excluding carboxylic acids is 1. The van der Waals surface area contributed by atoms with Gasteiger partial charge in [0.25, 0.3) is 5.91 Å². The van der Waals surface area contributed by atoms with Gasteiger partial charge < -0.3 is 11.1 Å². The molecule has 3 heterocycles. The highest BCUT2D eigenvalue weighted by molar-refractivity contribution is 7.21. The number of nitrogens with zero attached hydrogens (tertiary/aromatic N) is 2. The zero-order valence-corrected chi connectivity index (χ0v) is 13.0. The normalized spacial score (nSPS) is 12.4. The van der Waals surface area contributed by atoms with Crippen LogP contribution >= 0.6 is 22.7 Å². The van der Waals surface area contributed by atoms with Crippen LogP contribution < -0.4 is 11.1 Å². The summed E-state index contributed by atoms with van der Waals surface area (Å²) in [6.45, 7) is 1.98. The van der Waals surface area contributed by atoms with Crippen molar-refractivity contribution in [2.45, 2.75) is 19.4 Å². The van der Waals surface area contributed by atoms with Crippen molar-refractivity contribution >= 4 is 44.6 Å². The first-order valence-electron chi connectivity index (χ1n) is 6.46. The lowest BCUT2D eigenvalue weighted by Crippen LogP contribution is -2.33. The molecule has 108 valence electrons. The lowest BCUT2D eigenvalue weighted by Gasteiger charge is -2.12. The molecule has 5 nitrogen and oxygen atoms in total. The van der Waals surface area contributed by atoms with Crippen LogP contribution in [0.3, 0.4) is 0 Å². The SMILES string of the molecule is CC(Cc1ccsc1)NC(=O)c1sc2nccnc2c1N. The van der Waals surface area contributed by atoms with E-state index in [1.165, 1.54) is 16.9 Å². The minimum atomic E-state index is -0.167. The van der Waals surface area contributed by atoms with Crippen molar-refractivity contribution in [2.24, 2.45) is 0 Å². The van der Waals surface area contributed by atoms with Gasteiger partial charge in [-0.05, 0) is 35.7 Å². The third kappa shape index (κ3) is 2.88. The van der Waals surface area contributed by atoms with Gasteiger partial charge in [0, 0.05) is 18.4 Å². The zero-order chi connectivity index (χ0) is 14.8. The summed E-state index contributed by atoms with van der Waals surface area (Å²) in [5.74, 6) is -0.167. The predicted octanol–water partition coefficient (Wildman–Crippen LogP) is 2.70. The maximum atomic E-state index is 12.3. The maximum absolute atomic E-state index is 12.3. The Kier molecular flexibility index (Phi) is 3.85. The van der Waals surface area contributed by atoms with Crippen LogP contribution in [0, 0.1) is 0 Å². The first-order valence-corrected chi connectivity index (χ1v) is 8.22. The largest absolute Gasteiger partial charge is 0.396 e. The molecule has 0 radical (unpaired) electrons. The number of carbonyl (C=O) groups is 1. The molecule has 21 heavy (non-hydrogen) atoms. The number of hydrogen-bond donors (Lipinski definition) is 2. The molecular formula is C14H14N4OS2. The summed E-state index contributed by atoms with van der Waals surface area (Å²) in [4.78, 5) is 21.9. The van der Waals surface area contributed by atoms with E-state index in [1.54, 1.807) is 23.7 Å². The van der Waals surface area contributed by atoms with Crippen molar-refractivity contribution in [3.63, 3.8) is 0 Å². The van der Waals surface area contributed by atoms with E-state index in [9.17, 15) is 4.79 Å². The number of hydrogen-bond acceptors (Lipinski definition) is 6. The van der Waals surface area contributed by atoms with Crippen LogP contribution in [0.1, 0.15) is 22.2 Å². The van der Waals surface area contributed by atoms with Crippen LogP contribution in [0.5, 0.6) is 0 Å². The number of anilines is 1. The van der Waals surface area contributed by atoms with E-state index in [4.69, 9.17) is 5.73 Å². The first kappa shape index (κ1) is 14.0. The third-order valence-corrected chi connectivity index (χ3v) is 4.90. The molecule has 7 heteroatoms. The molecule has 0 aliphatic heterocycles. The van der Waals surface area contributed by atoms with E-state index in [-0.39, 0.29) is 11.9 Å². The second-order valence-electron chi connectivity index (χ2n) is 4.77. The Morgan fingerprint density at radius 3 is 2.95 bits per heavy atom. The number of nitrogen functional groups attached to an aromatic ring is 1. The van der Waals surface area contributed by atoms with E-state index in [1.807, 2.05) is 12.3 Å². The molecule has 3 aromatic rings. The van der Waals surface area contributed by atoms with Crippen LogP contribution in [-0.4, -0.2) is 21.9 Å². The molecule has 0 spiro atoms. The number of nitrogens with two attached hydrogens (primary N) is 1. The van der Waals surface area contributed by atoms with E-state index in [0.29, 0.717) is 20.9 Å². The van der Waals surface area contributed by atoms with Crippen molar-refractivity contribution in [3.8, 4) is 0 Å². The van der Waals surface area contributed by atoms with Crippen LogP contribution in [0.2, 0.25) is 0 Å². The Morgan fingerprint density at radius 2 is 2.24 bits per heavy atom. The van der Waals surface area contributed by atoms with Crippen molar-refractivity contribution in [1.29, 1.82) is 0 Å². The Balaban J connectivity index is 1.76. The molecule has 1 amide bonds. The topological polar surface area (TPSA) is 80.9 Å². The van der Waals surface area contributed by atoms with Gasteiger partial charge in [-0.25, -0.2) is 9.97 Å². The van der Waals surface area contributed by atoms with Crippen molar-refractivity contribution < 1.29 is 4.79 Å². The van der Waals surface area contributed by atoms with Gasteiger partial charge in [0.1, 0.15) is 15.2 Å². The van der Waals surface area contributed by atoms with Crippen LogP contribution in [-0.2, 0) is 6.42 Å². The van der Waals surface area contributed by atoms with Gasteiger partial charge in [0.2, 0.25) is 0 Å². The second-order valence-corrected chi connectivity index (χ2v) is 6.54. The predicted molar refractivity (Wildman–Crippen MR) is 86.8 cm³/mol. The summed E-state index contributed by atoms with van der Waals surface area (Å²) < 4.78 is 0. The Hall–Kier alpha value is -1.99. The lowest BCUT2D eigenvalue weighted by atomic mass is 10.1. The number of amides is 1. The summed E-state index contributed by atoms with van der Waals surface area (Å²) in [6, 6.07) is 2.10. The van der Waals surface area contributed by atoms with Crippen molar-refractivity contribution in [2.75, 3.05) is 5.73 Å². The molecule has 0 aromatic carbocycles. The summed E-state index contributed by atoms with van der Waals surface area (Å²) in [7, 11) is 0. The van der Waals surface area contributed by atoms with Gasteiger partial charge >= 0.3 is 0 Å². The van der Waals surface area contributed by atoms with E-state index >= 15 is 0 Å². The number of aromatic nitrogens is 2. The van der Waals surface area contributed by atoms with Crippen molar-refractivity contribution in [1.82, 2.24) is 15.3 Å². The summed E-state index contributed by atoms with van der Waals surface area (Å²) in [5, 5.41) is 7.10. The smallest absolute Gasteiger partial charge is 0.263 e. The van der Waals surface area contributed by atoms with E-state index < -0.39 is 0 Å². The molecule has 0 bridgehead atoms. The Labute approximate surface area is 129 Å². The van der Waals surface area contributed by atoms with Crippen LogP contribution in [0.4, 0.5) is 5.69 Å². The van der Waals surface area contributed by atoms with Gasteiger partial charge in [0.05, 0.1) is 5.69 Å². The fourth-order valence-electron chi connectivity index (χ4n) is 2.12. The van der Waals surface area contributed by atoms with Gasteiger partial charge in [-0.15, -0.1) is 11.3 Å². The molecule has 0 aliphatic rings. The molecule has 3 rings (SSSR count). The molecule has 0 aliphatic carbocycles. The van der Waals surface area contributed by atoms with E-state index in [2.05, 4.69) is 26.7 Å². The van der Waals surface area contributed by atoms with Gasteiger partial charge in [-0.3, -0.25) is 4.79 Å². The van der Waals surface area contributed by atoms with Crippen molar-refractivity contribution in [3.05, 3.63) is 39.7 Å². The molecular weight excluding hydrogens is 304 g/mol. The quantitative estimate of drug-likeness (QED) is 0.775. The minimum Gasteiger partial charge on any atom is -0.396 e. The highest BCUT2D eigenvalue weighted by Gasteiger charge is 2.19. The van der Waals surface area contributed by atoms with Gasteiger partial charge in [-0.1, -0.05) is 0 Å². The standard InChI is InChI=1S/C14H14N4OS2/c1-8(6-9-2-5-20-7-9)18-13(19)12-10(15)11-14(21-12)17-4-3-16-11/h2-5,7-8H,6,15H2,1H3,(H,18,19). The van der Waals surface area contributed by atoms with Gasteiger partial charge in [-0.2, -0.15) is 11.3 Å². The van der Waals surface area contributed by atoms with Crippen LogP contribution in [0.15, 0.2) is 29.2 Å². The molecule has 0 fully saturated rings. The second kappa shape index (κ2) is 5.79. The summed E-state index contributed by atoms with van der Waals surface area (Å²) >= 11 is 2.93. The minimum absolute atomic E-state index is 0.0395. The number of fused-ring (bicyclic) bond motifs is 1. The zero-order valence-electron chi connectivity index (χ0n) is 11.4. The summed E-state index contributed by atoms with van der Waals surface area (Å²) in [6.07, 6.45) is 3.97. The van der Waals surface area contributed by atoms with Gasteiger partial charge in [0.15, 0.2) is 0 Å². The fraction of sp³-hybridized carbons (Fsp3) is 0.214. The molecule has 1 atom stereocenters. The molecule has 1 unspecified atom stereocenters. The molecule has 0 saturated heterocycles. The Morgan fingerprint density at radius 1 is 1.43 bits per heavy atom. The fourth-order valence-corrected chi connectivity index (χ4v) is 3.72. The summed E-state index contributed by atoms with van der Waals surface area (Å²) in [5.41, 5.74) is 8.22. The number of nitrogens with one attached hydrogen (secondary N) is 1. The third-order valence-electron chi connectivity index (χ3n) is 3.07. The highest BCUT2D eigenvalue weighted by atomic mass is 32.1. The molecule has 0 saturated carbocycles. The highest BCUT2D eigenvalue weighted by Crippen LogP contribution is 2.30. The number of thiophene rings is 2. The lowest BCUT2D eigenvalue weighted by molar-refractivity contribution is 0.0945. The molecule has 3 aromatic heterocycles. The Bertz CT molecular complexity index is 766. The maximum Gasteiger partial charge on any atom is 0.263 e.